The summed E-state index contributed by atoms with van der Waals surface area (Å²) in [6.07, 6.45) is 0. The van der Waals surface area contributed by atoms with E-state index in [1.54, 1.807) is 0 Å². The van der Waals surface area contributed by atoms with Gasteiger partial charge in [-0.25, -0.2) is 0 Å². The summed E-state index contributed by atoms with van der Waals surface area (Å²) in [5, 5.41) is 2.76. The average Bonchev–Trinajstić information content (AvgIpc) is 2.71. The summed E-state index contributed by atoms with van der Waals surface area (Å²) < 4.78 is 45.2. The molecule has 0 heterocycles. The van der Waals surface area contributed by atoms with Crippen LogP contribution in [0.4, 0.5) is 8.78 Å². The number of amides is 1. The highest BCUT2D eigenvalue weighted by atomic mass is 19.3. The van der Waals surface area contributed by atoms with Crippen molar-refractivity contribution >= 4 is 5.91 Å². The lowest BCUT2D eigenvalue weighted by atomic mass is 10.1. The molecule has 0 unspecified atom stereocenters. The van der Waals surface area contributed by atoms with Gasteiger partial charge in [0.15, 0.2) is 11.5 Å². The van der Waals surface area contributed by atoms with Gasteiger partial charge in [-0.15, -0.1) is 0 Å². The summed E-state index contributed by atoms with van der Waals surface area (Å²) in [5.41, 5.74) is 2.06. The highest BCUT2D eigenvalue weighted by molar-refractivity contribution is 5.94. The predicted octanol–water partition coefficient (Wildman–Crippen LogP) is 3.78. The fourth-order valence-electron chi connectivity index (χ4n) is 2.57. The molecule has 0 aromatic heterocycles. The van der Waals surface area contributed by atoms with Crippen LogP contribution in [0.15, 0.2) is 42.5 Å². The molecule has 2 aromatic rings. The molecule has 0 radical (unpaired) electrons. The number of carbonyl (C=O) groups excluding carboxylic acids is 1. The van der Waals surface area contributed by atoms with Crippen molar-refractivity contribution in [1.82, 2.24) is 5.32 Å². The number of rotatable bonds is 12. The highest BCUT2D eigenvalue weighted by Gasteiger charge is 2.14. The predicted molar refractivity (Wildman–Crippen MR) is 103 cm³/mol. The van der Waals surface area contributed by atoms with Crippen LogP contribution in [0.5, 0.6) is 11.5 Å². The third-order valence-corrected chi connectivity index (χ3v) is 3.93. The van der Waals surface area contributed by atoms with Crippen LogP contribution in [0.1, 0.15) is 28.4 Å². The first kappa shape index (κ1) is 22.6. The third-order valence-electron chi connectivity index (χ3n) is 3.93. The number of alkyl halides is 2. The Hall–Kier alpha value is -2.71. The van der Waals surface area contributed by atoms with E-state index in [1.165, 1.54) is 25.3 Å². The van der Waals surface area contributed by atoms with Crippen LogP contribution in [-0.4, -0.2) is 39.4 Å². The maximum atomic E-state index is 12.5. The Morgan fingerprint density at radius 2 is 1.79 bits per heavy atom. The molecule has 1 amide bonds. The van der Waals surface area contributed by atoms with Gasteiger partial charge < -0.3 is 24.3 Å². The van der Waals surface area contributed by atoms with Gasteiger partial charge in [0.25, 0.3) is 5.91 Å². The second-order valence-corrected chi connectivity index (χ2v) is 6.00. The number of benzene rings is 2. The van der Waals surface area contributed by atoms with E-state index in [2.05, 4.69) is 10.1 Å². The molecule has 0 aliphatic heterocycles. The lowest BCUT2D eigenvalue weighted by molar-refractivity contribution is -0.0512. The van der Waals surface area contributed by atoms with E-state index >= 15 is 0 Å². The van der Waals surface area contributed by atoms with Gasteiger partial charge in [-0.2, -0.15) is 8.78 Å². The molecule has 1 N–H and O–H groups in total. The SMILES string of the molecule is CCOCCOCc1cccc(CNC(=O)c2ccc(OC)c(OC(F)F)c2)c1. The average molecular weight is 409 g/mol. The molecule has 0 bridgehead atoms. The Bertz CT molecular complexity index is 785. The molecule has 158 valence electrons. The minimum atomic E-state index is -3.01. The first-order valence-corrected chi connectivity index (χ1v) is 9.17. The van der Waals surface area contributed by atoms with Crippen LogP contribution in [-0.2, 0) is 22.6 Å². The summed E-state index contributed by atoms with van der Waals surface area (Å²) >= 11 is 0. The van der Waals surface area contributed by atoms with Crippen LogP contribution >= 0.6 is 0 Å². The van der Waals surface area contributed by atoms with E-state index in [9.17, 15) is 13.6 Å². The van der Waals surface area contributed by atoms with E-state index < -0.39 is 12.5 Å². The van der Waals surface area contributed by atoms with E-state index in [4.69, 9.17) is 14.2 Å². The van der Waals surface area contributed by atoms with Crippen LogP contribution in [0.3, 0.4) is 0 Å². The van der Waals surface area contributed by atoms with Crippen molar-refractivity contribution in [3.63, 3.8) is 0 Å². The first-order chi connectivity index (χ1) is 14.0. The number of methoxy groups -OCH3 is 1. The Kier molecular flexibility index (Phi) is 9.33. The van der Waals surface area contributed by atoms with Crippen molar-refractivity contribution < 1.29 is 32.5 Å². The molecule has 0 spiro atoms. The van der Waals surface area contributed by atoms with Crippen LogP contribution < -0.4 is 14.8 Å². The third kappa shape index (κ3) is 7.67. The zero-order chi connectivity index (χ0) is 21.1. The lowest BCUT2D eigenvalue weighted by Gasteiger charge is -2.12. The van der Waals surface area contributed by atoms with Gasteiger partial charge in [0.05, 0.1) is 26.9 Å². The smallest absolute Gasteiger partial charge is 0.387 e. The number of carbonyl (C=O) groups is 1. The Morgan fingerprint density at radius 1 is 1.03 bits per heavy atom. The monoisotopic (exact) mass is 409 g/mol. The number of nitrogens with one attached hydrogen (secondary N) is 1. The van der Waals surface area contributed by atoms with Crippen molar-refractivity contribution in [3.8, 4) is 11.5 Å². The Balaban J connectivity index is 1.92. The van der Waals surface area contributed by atoms with E-state index in [1.807, 2.05) is 31.2 Å². The summed E-state index contributed by atoms with van der Waals surface area (Å²) in [7, 11) is 1.33. The standard InChI is InChI=1S/C21H25F2NO5/c1-3-27-9-10-28-14-16-6-4-5-15(11-16)13-24-20(25)17-7-8-18(26-2)19(12-17)29-21(22)23/h4-8,11-12,21H,3,9-10,13-14H2,1-2H3,(H,24,25). The van der Waals surface area contributed by atoms with Crippen LogP contribution in [0.25, 0.3) is 0 Å². The zero-order valence-electron chi connectivity index (χ0n) is 16.5. The number of ether oxygens (including phenoxy) is 4. The minimum absolute atomic E-state index is 0.124. The molecule has 0 saturated carbocycles. The van der Waals surface area contributed by atoms with Gasteiger partial charge in [0.2, 0.25) is 0 Å². The lowest BCUT2D eigenvalue weighted by Crippen LogP contribution is -2.23. The molecule has 2 rings (SSSR count). The molecule has 8 heteroatoms. The fraction of sp³-hybridized carbons (Fsp3) is 0.381. The zero-order valence-corrected chi connectivity index (χ0v) is 16.5. The molecule has 0 atom stereocenters. The summed E-state index contributed by atoms with van der Waals surface area (Å²) in [6, 6.07) is 11.7. The van der Waals surface area contributed by atoms with Gasteiger partial charge in [-0.3, -0.25) is 4.79 Å². The first-order valence-electron chi connectivity index (χ1n) is 9.17. The second kappa shape index (κ2) is 12.0. The normalized spacial score (nSPS) is 10.8. The molecule has 0 aliphatic rings. The van der Waals surface area contributed by atoms with E-state index in [-0.39, 0.29) is 23.6 Å². The van der Waals surface area contributed by atoms with Gasteiger partial charge in [-0.05, 0) is 36.2 Å². The van der Waals surface area contributed by atoms with Crippen molar-refractivity contribution in [2.75, 3.05) is 26.9 Å². The molecular weight excluding hydrogens is 384 g/mol. The van der Waals surface area contributed by atoms with E-state index in [0.717, 1.165) is 11.1 Å². The summed E-state index contributed by atoms with van der Waals surface area (Å²) in [5.74, 6) is -0.481. The fourth-order valence-corrected chi connectivity index (χ4v) is 2.57. The van der Waals surface area contributed by atoms with Crippen molar-refractivity contribution in [3.05, 3.63) is 59.2 Å². The van der Waals surface area contributed by atoms with Gasteiger partial charge in [-0.1, -0.05) is 24.3 Å². The maximum absolute atomic E-state index is 12.5. The molecule has 29 heavy (non-hydrogen) atoms. The van der Waals surface area contributed by atoms with Crippen LogP contribution in [0.2, 0.25) is 0 Å². The van der Waals surface area contributed by atoms with Crippen molar-refractivity contribution in [2.24, 2.45) is 0 Å². The Labute approximate surface area is 168 Å². The second-order valence-electron chi connectivity index (χ2n) is 6.00. The number of hydrogen-bond donors (Lipinski definition) is 1. The molecule has 0 aliphatic carbocycles. The van der Waals surface area contributed by atoms with Gasteiger partial charge >= 0.3 is 6.61 Å². The molecular formula is C21H25F2NO5. The maximum Gasteiger partial charge on any atom is 0.387 e. The summed E-state index contributed by atoms with van der Waals surface area (Å²) in [4.78, 5) is 12.4. The molecule has 2 aromatic carbocycles. The number of hydrogen-bond acceptors (Lipinski definition) is 5. The van der Waals surface area contributed by atoms with Crippen molar-refractivity contribution in [1.29, 1.82) is 0 Å². The topological polar surface area (TPSA) is 66.0 Å². The Morgan fingerprint density at radius 3 is 2.52 bits per heavy atom. The van der Waals surface area contributed by atoms with Gasteiger partial charge in [0, 0.05) is 18.7 Å². The minimum Gasteiger partial charge on any atom is -0.493 e. The quantitative estimate of drug-likeness (QED) is 0.541. The molecule has 6 nitrogen and oxygen atoms in total. The van der Waals surface area contributed by atoms with E-state index in [0.29, 0.717) is 26.4 Å². The van der Waals surface area contributed by atoms with Gasteiger partial charge in [0.1, 0.15) is 0 Å². The van der Waals surface area contributed by atoms with Crippen LogP contribution in [0, 0.1) is 0 Å². The highest BCUT2D eigenvalue weighted by Crippen LogP contribution is 2.29. The molecule has 0 saturated heterocycles. The molecule has 0 fully saturated rings. The summed E-state index contributed by atoms with van der Waals surface area (Å²) in [6.45, 7) is 1.35. The van der Waals surface area contributed by atoms with Crippen molar-refractivity contribution in [2.45, 2.75) is 26.7 Å². The number of halogens is 2. The largest absolute Gasteiger partial charge is 0.493 e.